The molecule has 31 heavy (non-hydrogen) atoms. The van der Waals surface area contributed by atoms with Crippen LogP contribution in [0, 0.1) is 13.8 Å². The number of carbonyl (C=O) groups is 2. The lowest BCUT2D eigenvalue weighted by atomic mass is 10.2. The van der Waals surface area contributed by atoms with E-state index in [1.807, 2.05) is 50.3 Å². The molecule has 0 radical (unpaired) electrons. The van der Waals surface area contributed by atoms with Crippen molar-refractivity contribution < 1.29 is 9.59 Å². The van der Waals surface area contributed by atoms with Crippen LogP contribution < -0.4 is 5.32 Å². The Morgan fingerprint density at radius 2 is 1.81 bits per heavy atom. The molecule has 1 aliphatic rings. The van der Waals surface area contributed by atoms with Gasteiger partial charge in [0.05, 0.1) is 4.91 Å². The van der Waals surface area contributed by atoms with Gasteiger partial charge in [-0.25, -0.2) is 0 Å². The van der Waals surface area contributed by atoms with Crippen molar-refractivity contribution in [3.63, 3.8) is 0 Å². The van der Waals surface area contributed by atoms with Crippen LogP contribution in [0.1, 0.15) is 27.3 Å². The predicted molar refractivity (Wildman–Crippen MR) is 130 cm³/mol. The molecule has 3 aromatic rings. The van der Waals surface area contributed by atoms with Gasteiger partial charge in [0.15, 0.2) is 5.17 Å². The first-order valence-electron chi connectivity index (χ1n) is 9.36. The van der Waals surface area contributed by atoms with Crippen molar-refractivity contribution >= 4 is 62.4 Å². The lowest BCUT2D eigenvalue weighted by molar-refractivity contribution is -0.115. The summed E-state index contributed by atoms with van der Waals surface area (Å²) in [5.74, 6) is -0.713. The van der Waals surface area contributed by atoms with E-state index in [9.17, 15) is 9.59 Å². The number of aliphatic imine (C=N–C) groups is 1. The Kier molecular flexibility index (Phi) is 6.18. The van der Waals surface area contributed by atoms with E-state index in [-0.39, 0.29) is 11.1 Å². The van der Waals surface area contributed by atoms with Crippen molar-refractivity contribution in [2.45, 2.75) is 13.8 Å². The molecule has 1 saturated heterocycles. The molecule has 5 nitrogen and oxygen atoms in total. The van der Waals surface area contributed by atoms with Crippen molar-refractivity contribution in [3.05, 3.63) is 91.5 Å². The first-order valence-corrected chi connectivity index (χ1v) is 11.3. The molecule has 1 N–H and O–H groups in total. The molecular weight excluding hydrogens is 498 g/mol. The summed E-state index contributed by atoms with van der Waals surface area (Å²) in [6.45, 7) is 4.04. The van der Waals surface area contributed by atoms with E-state index in [1.54, 1.807) is 24.3 Å². The van der Waals surface area contributed by atoms with Gasteiger partial charge in [-0.05, 0) is 91.8 Å². The van der Waals surface area contributed by atoms with Crippen LogP contribution in [-0.4, -0.2) is 21.5 Å². The fourth-order valence-corrected chi connectivity index (χ4v) is 4.49. The molecule has 2 amide bonds. The monoisotopic (exact) mass is 513 g/mol. The average molecular weight is 515 g/mol. The minimum atomic E-state index is -0.436. The molecule has 8 heteroatoms. The molecule has 156 valence electrons. The third-order valence-electron chi connectivity index (χ3n) is 4.79. The number of hydrogen-bond acceptors (Lipinski definition) is 3. The topological polar surface area (TPSA) is 63.5 Å². The van der Waals surface area contributed by atoms with Gasteiger partial charge in [-0.1, -0.05) is 27.5 Å². The molecule has 0 unspecified atom stereocenters. The highest BCUT2D eigenvalue weighted by molar-refractivity contribution is 9.10. The van der Waals surface area contributed by atoms with Crippen LogP contribution in [0.25, 0.3) is 11.8 Å². The Balaban J connectivity index is 1.59. The third kappa shape index (κ3) is 4.69. The predicted octanol–water partition coefficient (Wildman–Crippen LogP) is 5.91. The number of halogens is 2. The number of hydrogen-bond donors (Lipinski definition) is 1. The lowest BCUT2D eigenvalue weighted by Gasteiger charge is -2.09. The summed E-state index contributed by atoms with van der Waals surface area (Å²) in [7, 11) is 0. The summed E-state index contributed by atoms with van der Waals surface area (Å²) in [5.41, 5.74) is 4.46. The fourth-order valence-electron chi connectivity index (χ4n) is 3.29. The van der Waals surface area contributed by atoms with Gasteiger partial charge < -0.3 is 9.88 Å². The van der Waals surface area contributed by atoms with Gasteiger partial charge in [-0.2, -0.15) is 4.99 Å². The normalized spacial score (nSPS) is 16.2. The highest BCUT2D eigenvalue weighted by atomic mass is 79.9. The van der Waals surface area contributed by atoms with E-state index in [2.05, 4.69) is 30.8 Å². The Hall–Kier alpha value is -2.61. The van der Waals surface area contributed by atoms with E-state index < -0.39 is 5.91 Å². The van der Waals surface area contributed by atoms with E-state index >= 15 is 0 Å². The molecule has 1 aromatic heterocycles. The molecule has 1 aliphatic heterocycles. The summed E-state index contributed by atoms with van der Waals surface area (Å²) in [6.07, 6.45) is 1.83. The number of aryl methyl sites for hydroxylation is 1. The smallest absolute Gasteiger partial charge is 0.279 e. The van der Waals surface area contributed by atoms with E-state index in [0.29, 0.717) is 15.5 Å². The average Bonchev–Trinajstić information content (AvgIpc) is 3.21. The maximum atomic E-state index is 12.4. The quantitative estimate of drug-likeness (QED) is 0.442. The standard InChI is InChI=1S/C23H17BrClN3O2S/c1-13-11-16(14(2)28(13)19-9-5-17(24)6-10-19)12-20-22(30)27-23(31-20)26-21(29)15-3-7-18(25)8-4-15/h3-12H,1-2H3,(H,26,27,29,30)/b20-12-. The summed E-state index contributed by atoms with van der Waals surface area (Å²) in [4.78, 5) is 29.3. The summed E-state index contributed by atoms with van der Waals surface area (Å²) < 4.78 is 3.15. The van der Waals surface area contributed by atoms with Gasteiger partial charge in [0.25, 0.3) is 11.8 Å². The lowest BCUT2D eigenvalue weighted by Crippen LogP contribution is -2.20. The third-order valence-corrected chi connectivity index (χ3v) is 6.48. The van der Waals surface area contributed by atoms with Gasteiger partial charge in [0.2, 0.25) is 0 Å². The Labute approximate surface area is 197 Å². The molecule has 0 aliphatic carbocycles. The number of amidine groups is 1. The highest BCUT2D eigenvalue weighted by Gasteiger charge is 2.25. The van der Waals surface area contributed by atoms with Crippen molar-refractivity contribution in [1.29, 1.82) is 0 Å². The van der Waals surface area contributed by atoms with Crippen LogP contribution in [0.5, 0.6) is 0 Å². The summed E-state index contributed by atoms with van der Waals surface area (Å²) in [6, 6.07) is 16.5. The van der Waals surface area contributed by atoms with Gasteiger partial charge in [-0.3, -0.25) is 9.59 Å². The van der Waals surface area contributed by atoms with Crippen LogP contribution in [0.4, 0.5) is 0 Å². The Morgan fingerprint density at radius 1 is 1.13 bits per heavy atom. The second-order valence-electron chi connectivity index (χ2n) is 6.93. The van der Waals surface area contributed by atoms with E-state index in [4.69, 9.17) is 11.6 Å². The molecule has 1 fully saturated rings. The van der Waals surface area contributed by atoms with E-state index in [1.165, 1.54) is 0 Å². The molecule has 2 heterocycles. The van der Waals surface area contributed by atoms with Gasteiger partial charge in [-0.15, -0.1) is 0 Å². The molecule has 0 bridgehead atoms. The first kappa shape index (κ1) is 21.6. The zero-order valence-electron chi connectivity index (χ0n) is 16.6. The van der Waals surface area contributed by atoms with Crippen molar-refractivity contribution in [1.82, 2.24) is 9.88 Å². The number of aromatic nitrogens is 1. The van der Waals surface area contributed by atoms with Crippen LogP contribution >= 0.6 is 39.3 Å². The summed E-state index contributed by atoms with van der Waals surface area (Å²) in [5, 5.41) is 3.46. The zero-order chi connectivity index (χ0) is 22.1. The minimum absolute atomic E-state index is 0.262. The molecule has 0 spiro atoms. The molecular formula is C23H17BrClN3O2S. The maximum absolute atomic E-state index is 12.4. The number of thioether (sulfide) groups is 1. The fraction of sp³-hybridized carbons (Fsp3) is 0.0870. The maximum Gasteiger partial charge on any atom is 0.279 e. The molecule has 0 atom stereocenters. The van der Waals surface area contributed by atoms with Crippen molar-refractivity contribution in [3.8, 4) is 5.69 Å². The number of nitrogens with zero attached hydrogens (tertiary/aromatic N) is 2. The molecule has 2 aromatic carbocycles. The van der Waals surface area contributed by atoms with E-state index in [0.717, 1.165) is 38.9 Å². The Bertz CT molecular complexity index is 1250. The second-order valence-corrected chi connectivity index (χ2v) is 9.31. The molecule has 4 rings (SSSR count). The second kappa shape index (κ2) is 8.86. The minimum Gasteiger partial charge on any atom is -0.318 e. The Morgan fingerprint density at radius 3 is 2.48 bits per heavy atom. The van der Waals surface area contributed by atoms with Crippen LogP contribution in [0.2, 0.25) is 5.02 Å². The van der Waals surface area contributed by atoms with Crippen LogP contribution in [0.15, 0.2) is 69.0 Å². The number of carbonyl (C=O) groups excluding carboxylic acids is 2. The van der Waals surface area contributed by atoms with Crippen molar-refractivity contribution in [2.75, 3.05) is 0 Å². The largest absolute Gasteiger partial charge is 0.318 e. The van der Waals surface area contributed by atoms with Gasteiger partial charge >= 0.3 is 0 Å². The van der Waals surface area contributed by atoms with Gasteiger partial charge in [0.1, 0.15) is 0 Å². The van der Waals surface area contributed by atoms with Crippen molar-refractivity contribution in [2.24, 2.45) is 4.99 Å². The van der Waals surface area contributed by atoms with Crippen LogP contribution in [0.3, 0.4) is 0 Å². The number of rotatable bonds is 3. The summed E-state index contributed by atoms with van der Waals surface area (Å²) >= 11 is 10.5. The highest BCUT2D eigenvalue weighted by Crippen LogP contribution is 2.30. The zero-order valence-corrected chi connectivity index (χ0v) is 19.8. The molecule has 0 saturated carbocycles. The SMILES string of the molecule is Cc1cc(/C=C2\SC(=NC(=O)c3ccc(Cl)cc3)NC2=O)c(C)n1-c1ccc(Br)cc1. The first-order chi connectivity index (χ1) is 14.8. The van der Waals surface area contributed by atoms with Crippen LogP contribution in [-0.2, 0) is 4.79 Å². The number of nitrogens with one attached hydrogen (secondary N) is 1. The van der Waals surface area contributed by atoms with Gasteiger partial charge in [0, 0.05) is 32.1 Å². The number of benzene rings is 2. The number of amides is 2.